The lowest BCUT2D eigenvalue weighted by Crippen LogP contribution is -2.35. The standard InChI is InChI=1S/C12H21N3OS/c1-4-5-6-9(13)11(16)15-12-14-10(7-17-12)8(2)3/h7-9H,4-6,13H2,1-3H3,(H,14,15,16)/t9-/m0/s1. The van der Waals surface area contributed by atoms with Gasteiger partial charge in [-0.2, -0.15) is 0 Å². The van der Waals surface area contributed by atoms with E-state index in [0.29, 0.717) is 11.0 Å². The fourth-order valence-electron chi connectivity index (χ4n) is 1.36. The number of amides is 1. The maximum atomic E-state index is 11.7. The van der Waals surface area contributed by atoms with Crippen LogP contribution in [0.15, 0.2) is 5.38 Å². The number of hydrogen-bond donors (Lipinski definition) is 2. The van der Waals surface area contributed by atoms with Crippen molar-refractivity contribution in [1.29, 1.82) is 0 Å². The van der Waals surface area contributed by atoms with Crippen LogP contribution in [-0.4, -0.2) is 16.9 Å². The van der Waals surface area contributed by atoms with Crippen molar-refractivity contribution in [3.8, 4) is 0 Å². The number of hydrogen-bond acceptors (Lipinski definition) is 4. The third-order valence-electron chi connectivity index (χ3n) is 2.55. The molecular formula is C12H21N3OS. The number of nitrogens with two attached hydrogens (primary N) is 1. The van der Waals surface area contributed by atoms with Crippen molar-refractivity contribution in [3.63, 3.8) is 0 Å². The zero-order valence-corrected chi connectivity index (χ0v) is 11.5. The number of thiazole rings is 1. The highest BCUT2D eigenvalue weighted by Gasteiger charge is 2.14. The van der Waals surface area contributed by atoms with E-state index in [2.05, 4.69) is 31.1 Å². The van der Waals surface area contributed by atoms with Crippen molar-refractivity contribution < 1.29 is 4.79 Å². The number of rotatable bonds is 6. The van der Waals surface area contributed by atoms with Gasteiger partial charge in [0.15, 0.2) is 5.13 Å². The van der Waals surface area contributed by atoms with Crippen LogP contribution < -0.4 is 11.1 Å². The largest absolute Gasteiger partial charge is 0.320 e. The molecule has 0 aliphatic carbocycles. The number of carbonyl (C=O) groups is 1. The Morgan fingerprint density at radius 2 is 2.29 bits per heavy atom. The smallest absolute Gasteiger partial charge is 0.243 e. The molecule has 0 aliphatic heterocycles. The minimum atomic E-state index is -0.429. The van der Waals surface area contributed by atoms with E-state index in [4.69, 9.17) is 5.73 Å². The summed E-state index contributed by atoms with van der Waals surface area (Å²) in [6.07, 6.45) is 2.75. The number of aromatic nitrogens is 1. The number of unbranched alkanes of at least 4 members (excludes halogenated alkanes) is 1. The third-order valence-corrected chi connectivity index (χ3v) is 3.33. The molecule has 96 valence electrons. The zero-order chi connectivity index (χ0) is 12.8. The highest BCUT2D eigenvalue weighted by atomic mass is 32.1. The maximum Gasteiger partial charge on any atom is 0.243 e. The van der Waals surface area contributed by atoms with Crippen molar-refractivity contribution in [2.24, 2.45) is 5.73 Å². The van der Waals surface area contributed by atoms with Crippen LogP contribution in [0.1, 0.15) is 51.6 Å². The second-order valence-corrected chi connectivity index (χ2v) is 5.33. The minimum absolute atomic E-state index is 0.136. The van der Waals surface area contributed by atoms with Crippen LogP contribution in [0.5, 0.6) is 0 Å². The van der Waals surface area contributed by atoms with Gasteiger partial charge in [0.2, 0.25) is 5.91 Å². The van der Waals surface area contributed by atoms with Crippen LogP contribution in [0.3, 0.4) is 0 Å². The zero-order valence-electron chi connectivity index (χ0n) is 10.7. The Morgan fingerprint density at radius 3 is 2.82 bits per heavy atom. The molecule has 0 radical (unpaired) electrons. The highest BCUT2D eigenvalue weighted by Crippen LogP contribution is 2.21. The summed E-state index contributed by atoms with van der Waals surface area (Å²) in [6, 6.07) is -0.429. The van der Waals surface area contributed by atoms with E-state index in [1.165, 1.54) is 11.3 Å². The monoisotopic (exact) mass is 255 g/mol. The summed E-state index contributed by atoms with van der Waals surface area (Å²) in [5, 5.41) is 5.38. The van der Waals surface area contributed by atoms with E-state index in [9.17, 15) is 4.79 Å². The molecule has 1 aromatic rings. The third kappa shape index (κ3) is 4.44. The van der Waals surface area contributed by atoms with Crippen LogP contribution in [0.2, 0.25) is 0 Å². The van der Waals surface area contributed by atoms with Gasteiger partial charge in [-0.1, -0.05) is 33.6 Å². The van der Waals surface area contributed by atoms with Gasteiger partial charge in [0.25, 0.3) is 0 Å². The molecule has 0 saturated carbocycles. The highest BCUT2D eigenvalue weighted by molar-refractivity contribution is 7.13. The summed E-state index contributed by atoms with van der Waals surface area (Å²) in [6.45, 7) is 6.24. The lowest BCUT2D eigenvalue weighted by atomic mass is 10.1. The summed E-state index contributed by atoms with van der Waals surface area (Å²) in [4.78, 5) is 16.1. The van der Waals surface area contributed by atoms with Crippen molar-refractivity contribution in [2.45, 2.75) is 52.0 Å². The van der Waals surface area contributed by atoms with E-state index < -0.39 is 6.04 Å². The fraction of sp³-hybridized carbons (Fsp3) is 0.667. The van der Waals surface area contributed by atoms with Gasteiger partial charge in [0.05, 0.1) is 11.7 Å². The van der Waals surface area contributed by atoms with Crippen LogP contribution in [0, 0.1) is 0 Å². The Bertz CT molecular complexity index is 362. The molecule has 0 spiro atoms. The number of nitrogens with one attached hydrogen (secondary N) is 1. The molecule has 0 aromatic carbocycles. The molecule has 5 heteroatoms. The van der Waals surface area contributed by atoms with Crippen LogP contribution >= 0.6 is 11.3 Å². The van der Waals surface area contributed by atoms with Gasteiger partial charge in [-0.05, 0) is 12.3 Å². The Labute approximate surface area is 107 Å². The molecule has 1 heterocycles. The Morgan fingerprint density at radius 1 is 1.59 bits per heavy atom. The van der Waals surface area contributed by atoms with Gasteiger partial charge in [-0.15, -0.1) is 11.3 Å². The van der Waals surface area contributed by atoms with Gasteiger partial charge in [0.1, 0.15) is 0 Å². The summed E-state index contributed by atoms with van der Waals surface area (Å²) in [5.74, 6) is 0.244. The van der Waals surface area contributed by atoms with E-state index >= 15 is 0 Å². The first kappa shape index (κ1) is 14.1. The molecule has 1 amide bonds. The topological polar surface area (TPSA) is 68.0 Å². The first-order chi connectivity index (χ1) is 8.04. The molecule has 17 heavy (non-hydrogen) atoms. The van der Waals surface area contributed by atoms with Gasteiger partial charge in [0, 0.05) is 5.38 Å². The molecule has 1 rings (SSSR count). The quantitative estimate of drug-likeness (QED) is 0.821. The van der Waals surface area contributed by atoms with E-state index in [1.807, 2.05) is 5.38 Å². The van der Waals surface area contributed by atoms with Gasteiger partial charge >= 0.3 is 0 Å². The van der Waals surface area contributed by atoms with Crippen molar-refractivity contribution >= 4 is 22.4 Å². The van der Waals surface area contributed by atoms with Crippen molar-refractivity contribution in [1.82, 2.24) is 4.98 Å². The maximum absolute atomic E-state index is 11.7. The molecule has 3 N–H and O–H groups in total. The minimum Gasteiger partial charge on any atom is -0.320 e. The molecule has 4 nitrogen and oxygen atoms in total. The first-order valence-electron chi connectivity index (χ1n) is 6.06. The number of nitrogens with zero attached hydrogens (tertiary/aromatic N) is 1. The number of anilines is 1. The first-order valence-corrected chi connectivity index (χ1v) is 6.94. The van der Waals surface area contributed by atoms with Crippen molar-refractivity contribution in [3.05, 3.63) is 11.1 Å². The molecule has 0 unspecified atom stereocenters. The Hall–Kier alpha value is -0.940. The van der Waals surface area contributed by atoms with Gasteiger partial charge in [-0.25, -0.2) is 4.98 Å². The summed E-state index contributed by atoms with van der Waals surface area (Å²) in [5.41, 5.74) is 6.79. The van der Waals surface area contributed by atoms with Crippen LogP contribution in [0.25, 0.3) is 0 Å². The van der Waals surface area contributed by atoms with Crippen LogP contribution in [-0.2, 0) is 4.79 Å². The number of carbonyl (C=O) groups excluding carboxylic acids is 1. The lowest BCUT2D eigenvalue weighted by molar-refractivity contribution is -0.117. The second-order valence-electron chi connectivity index (χ2n) is 4.47. The van der Waals surface area contributed by atoms with E-state index in [0.717, 1.165) is 25.0 Å². The van der Waals surface area contributed by atoms with E-state index in [-0.39, 0.29) is 5.91 Å². The lowest BCUT2D eigenvalue weighted by Gasteiger charge is -2.09. The molecule has 1 atom stereocenters. The predicted octanol–water partition coefficient (Wildman–Crippen LogP) is 2.72. The summed E-state index contributed by atoms with van der Waals surface area (Å²) >= 11 is 1.45. The molecule has 1 aromatic heterocycles. The van der Waals surface area contributed by atoms with Crippen LogP contribution in [0.4, 0.5) is 5.13 Å². The Kier molecular flexibility index (Phi) is 5.58. The molecule has 0 bridgehead atoms. The predicted molar refractivity (Wildman–Crippen MR) is 72.3 cm³/mol. The van der Waals surface area contributed by atoms with Gasteiger partial charge in [-0.3, -0.25) is 4.79 Å². The van der Waals surface area contributed by atoms with Crippen molar-refractivity contribution in [2.75, 3.05) is 5.32 Å². The fourth-order valence-corrected chi connectivity index (χ4v) is 2.24. The molecule has 0 fully saturated rings. The average Bonchev–Trinajstić information content (AvgIpc) is 2.74. The van der Waals surface area contributed by atoms with E-state index in [1.54, 1.807) is 0 Å². The Balaban J connectivity index is 2.49. The van der Waals surface area contributed by atoms with Gasteiger partial charge < -0.3 is 11.1 Å². The second kappa shape index (κ2) is 6.71. The summed E-state index contributed by atoms with van der Waals surface area (Å²) in [7, 11) is 0. The normalized spacial score (nSPS) is 12.8. The molecule has 0 saturated heterocycles. The molecule has 0 aliphatic rings. The SMILES string of the molecule is CCCC[C@H](N)C(=O)Nc1nc(C(C)C)cs1. The average molecular weight is 255 g/mol. The summed E-state index contributed by atoms with van der Waals surface area (Å²) < 4.78 is 0. The molecular weight excluding hydrogens is 234 g/mol.